The molecule has 0 saturated carbocycles. The molecule has 2 aromatic carbocycles. The lowest BCUT2D eigenvalue weighted by Crippen LogP contribution is -2.48. The van der Waals surface area contributed by atoms with E-state index in [-0.39, 0.29) is 24.6 Å². The molecule has 0 saturated heterocycles. The molecule has 2 heterocycles. The minimum Gasteiger partial charge on any atom is -0.490 e. The van der Waals surface area contributed by atoms with E-state index in [1.165, 1.54) is 42.6 Å². The number of amides is 1. The highest BCUT2D eigenvalue weighted by atomic mass is 19.1. The Balaban J connectivity index is 1.41. The molecule has 38 heavy (non-hydrogen) atoms. The Kier molecular flexibility index (Phi) is 8.47. The van der Waals surface area contributed by atoms with E-state index in [4.69, 9.17) is 13.9 Å². The quantitative estimate of drug-likeness (QED) is 0.222. The number of furan rings is 1. The van der Waals surface area contributed by atoms with Crippen LogP contribution in [0.25, 0.3) is 12.2 Å². The fourth-order valence-corrected chi connectivity index (χ4v) is 4.01. The number of hydrogen-bond acceptors (Lipinski definition) is 5. The Morgan fingerprint density at radius 3 is 2.55 bits per heavy atom. The van der Waals surface area contributed by atoms with E-state index >= 15 is 0 Å². The Morgan fingerprint density at radius 1 is 1.05 bits per heavy atom. The molecule has 0 bridgehead atoms. The third kappa shape index (κ3) is 6.42. The number of halogens is 3. The highest BCUT2D eigenvalue weighted by molar-refractivity contribution is 5.94. The topological polar surface area (TPSA) is 69.0 Å². The molecule has 0 unspecified atom stereocenters. The molecule has 6 nitrogen and oxygen atoms in total. The first kappa shape index (κ1) is 26.5. The van der Waals surface area contributed by atoms with Crippen LogP contribution in [0.5, 0.6) is 5.75 Å². The molecular weight excluding hydrogens is 499 g/mol. The summed E-state index contributed by atoms with van der Waals surface area (Å²) in [6.45, 7) is 0.345. The van der Waals surface area contributed by atoms with E-state index in [1.807, 2.05) is 6.07 Å². The van der Waals surface area contributed by atoms with Gasteiger partial charge in [-0.2, -0.15) is 0 Å². The highest BCUT2D eigenvalue weighted by Crippen LogP contribution is 2.28. The van der Waals surface area contributed by atoms with E-state index in [9.17, 15) is 22.8 Å². The number of fused-ring (bicyclic) bond motifs is 1. The summed E-state index contributed by atoms with van der Waals surface area (Å²) < 4.78 is 56.2. The number of carbonyl (C=O) groups is 2. The minimum absolute atomic E-state index is 0.164. The number of carbonyl (C=O) groups excluding carboxylic acids is 2. The molecule has 0 N–H and O–H groups in total. The van der Waals surface area contributed by atoms with Gasteiger partial charge in [0.2, 0.25) is 5.91 Å². The molecular formula is C29H24F3NO5. The summed E-state index contributed by atoms with van der Waals surface area (Å²) in [4.78, 5) is 26.8. The third-order valence-electron chi connectivity index (χ3n) is 5.90. The Labute approximate surface area is 217 Å². The fraction of sp³-hybridized carbons (Fsp3) is 0.172. The van der Waals surface area contributed by atoms with Crippen LogP contribution in [-0.2, 0) is 27.3 Å². The van der Waals surface area contributed by atoms with E-state index in [2.05, 4.69) is 0 Å². The normalized spacial score (nSPS) is 15.4. The second kappa shape index (κ2) is 12.1. The minimum atomic E-state index is -0.990. The monoisotopic (exact) mass is 523 g/mol. The van der Waals surface area contributed by atoms with Crippen molar-refractivity contribution in [1.82, 2.24) is 4.90 Å². The standard InChI is InChI=1S/C29H24F3NO5/c1-36-29(35)27-15-19-8-9-23(14-20(19)18-33(27)28(34)11-10-22-6-5-13-37-22)38-12-4-2-3-7-24-25(31)16-21(30)17-26(24)32/h2-11,13-14,16-17,27H,12,15,18H2,1H3/b4-2+,7-3+,11-10+/t27-/m0/s1. The van der Waals surface area contributed by atoms with Crippen molar-refractivity contribution in [1.29, 1.82) is 0 Å². The van der Waals surface area contributed by atoms with Crippen molar-refractivity contribution in [3.8, 4) is 5.75 Å². The Morgan fingerprint density at radius 2 is 1.84 bits per heavy atom. The molecule has 0 radical (unpaired) electrons. The maximum Gasteiger partial charge on any atom is 0.328 e. The van der Waals surface area contributed by atoms with Gasteiger partial charge in [0, 0.05) is 36.7 Å². The van der Waals surface area contributed by atoms with Crippen LogP contribution < -0.4 is 4.74 Å². The maximum atomic E-state index is 13.7. The predicted molar refractivity (Wildman–Crippen MR) is 134 cm³/mol. The molecule has 0 aliphatic carbocycles. The van der Waals surface area contributed by atoms with E-state index in [1.54, 1.807) is 36.4 Å². The number of nitrogens with zero attached hydrogens (tertiary/aromatic N) is 1. The molecule has 4 rings (SSSR count). The largest absolute Gasteiger partial charge is 0.490 e. The number of benzene rings is 2. The second-order valence-corrected chi connectivity index (χ2v) is 8.37. The number of esters is 1. The van der Waals surface area contributed by atoms with Crippen molar-refractivity contribution in [3.05, 3.63) is 113 Å². The summed E-state index contributed by atoms with van der Waals surface area (Å²) in [5.41, 5.74) is 1.39. The summed E-state index contributed by atoms with van der Waals surface area (Å²) in [6, 6.07) is 9.27. The van der Waals surface area contributed by atoms with Crippen molar-refractivity contribution in [2.24, 2.45) is 0 Å². The summed E-state index contributed by atoms with van der Waals surface area (Å²) in [6.07, 6.45) is 10.5. The molecule has 196 valence electrons. The third-order valence-corrected chi connectivity index (χ3v) is 5.90. The van der Waals surface area contributed by atoms with Crippen LogP contribution in [0.4, 0.5) is 13.2 Å². The van der Waals surface area contributed by atoms with Crippen LogP contribution in [0.2, 0.25) is 0 Å². The number of rotatable bonds is 8. The highest BCUT2D eigenvalue weighted by Gasteiger charge is 2.34. The van der Waals surface area contributed by atoms with E-state index < -0.39 is 29.5 Å². The average Bonchev–Trinajstić information content (AvgIpc) is 3.43. The molecule has 0 spiro atoms. The van der Waals surface area contributed by atoms with Crippen molar-refractivity contribution in [3.63, 3.8) is 0 Å². The van der Waals surface area contributed by atoms with Crippen LogP contribution in [-0.4, -0.2) is 36.5 Å². The van der Waals surface area contributed by atoms with Gasteiger partial charge in [-0.15, -0.1) is 0 Å². The van der Waals surface area contributed by atoms with Gasteiger partial charge in [-0.25, -0.2) is 18.0 Å². The Bertz CT molecular complexity index is 1370. The first-order valence-electron chi connectivity index (χ1n) is 11.7. The zero-order chi connectivity index (χ0) is 27.1. The van der Waals surface area contributed by atoms with Crippen LogP contribution >= 0.6 is 0 Å². The first-order valence-corrected chi connectivity index (χ1v) is 11.7. The van der Waals surface area contributed by atoms with Crippen molar-refractivity contribution in [2.75, 3.05) is 13.7 Å². The molecule has 1 aliphatic rings. The van der Waals surface area contributed by atoms with Crippen LogP contribution in [0.15, 0.2) is 77.4 Å². The SMILES string of the molecule is COC(=O)[C@@H]1Cc2ccc(OC/C=C/C=C/c3c(F)cc(F)cc3F)cc2CN1C(=O)/C=C/c1ccco1. The van der Waals surface area contributed by atoms with Crippen molar-refractivity contribution >= 4 is 24.0 Å². The molecule has 1 aliphatic heterocycles. The van der Waals surface area contributed by atoms with Gasteiger partial charge < -0.3 is 18.8 Å². The summed E-state index contributed by atoms with van der Waals surface area (Å²) in [5.74, 6) is -2.77. The van der Waals surface area contributed by atoms with Gasteiger partial charge >= 0.3 is 5.97 Å². The number of hydrogen-bond donors (Lipinski definition) is 0. The van der Waals surface area contributed by atoms with E-state index in [0.29, 0.717) is 30.1 Å². The smallest absolute Gasteiger partial charge is 0.328 e. The predicted octanol–water partition coefficient (Wildman–Crippen LogP) is 5.49. The molecule has 1 amide bonds. The van der Waals surface area contributed by atoms with Crippen molar-refractivity contribution in [2.45, 2.75) is 19.0 Å². The van der Waals surface area contributed by atoms with Gasteiger partial charge in [-0.1, -0.05) is 18.2 Å². The van der Waals surface area contributed by atoms with Crippen molar-refractivity contribution < 1.29 is 36.7 Å². The number of allylic oxidation sites excluding steroid dienone is 2. The first-order chi connectivity index (χ1) is 18.4. The van der Waals surface area contributed by atoms with Gasteiger partial charge in [0.1, 0.15) is 41.6 Å². The van der Waals surface area contributed by atoms with Crippen LogP contribution in [0.3, 0.4) is 0 Å². The number of ether oxygens (including phenoxy) is 2. The van der Waals surface area contributed by atoms with Gasteiger partial charge in [0.15, 0.2) is 0 Å². The fourth-order valence-electron chi connectivity index (χ4n) is 4.01. The van der Waals surface area contributed by atoms with Gasteiger partial charge in [-0.05, 0) is 53.6 Å². The number of methoxy groups -OCH3 is 1. The zero-order valence-corrected chi connectivity index (χ0v) is 20.4. The maximum absolute atomic E-state index is 13.7. The lowest BCUT2D eigenvalue weighted by atomic mass is 9.93. The van der Waals surface area contributed by atoms with Crippen LogP contribution in [0.1, 0.15) is 22.5 Å². The second-order valence-electron chi connectivity index (χ2n) is 8.37. The summed E-state index contributed by atoms with van der Waals surface area (Å²) in [7, 11) is 1.28. The van der Waals surface area contributed by atoms with Crippen LogP contribution in [0, 0.1) is 17.5 Å². The van der Waals surface area contributed by atoms with Gasteiger partial charge in [0.05, 0.1) is 13.4 Å². The summed E-state index contributed by atoms with van der Waals surface area (Å²) in [5, 5.41) is 0. The van der Waals surface area contributed by atoms with Gasteiger partial charge in [-0.3, -0.25) is 4.79 Å². The lowest BCUT2D eigenvalue weighted by molar-refractivity contribution is -0.152. The zero-order valence-electron chi connectivity index (χ0n) is 20.4. The molecule has 1 aromatic heterocycles. The average molecular weight is 524 g/mol. The molecule has 9 heteroatoms. The molecule has 3 aromatic rings. The van der Waals surface area contributed by atoms with E-state index in [0.717, 1.165) is 11.1 Å². The summed E-state index contributed by atoms with van der Waals surface area (Å²) >= 11 is 0. The van der Waals surface area contributed by atoms with Gasteiger partial charge in [0.25, 0.3) is 0 Å². The molecule has 1 atom stereocenters. The molecule has 0 fully saturated rings. The lowest BCUT2D eigenvalue weighted by Gasteiger charge is -2.34. The Hall–Kier alpha value is -4.53.